The lowest BCUT2D eigenvalue weighted by molar-refractivity contribution is 0.0902. The molecule has 1 spiro atoms. The summed E-state index contributed by atoms with van der Waals surface area (Å²) in [5, 5.41) is 0. The maximum Gasteiger partial charge on any atom is 0.0414 e. The Kier molecular flexibility index (Phi) is 2.21. The average Bonchev–Trinajstić information content (AvgIpc) is 2.13. The van der Waals surface area contributed by atoms with Crippen LogP contribution in [-0.2, 0) is 6.54 Å². The lowest BCUT2D eigenvalue weighted by atomic mass is 9.63. The Bertz CT molecular complexity index is 399. The van der Waals surface area contributed by atoms with E-state index in [1.165, 1.54) is 49.2 Å². The molecule has 1 aromatic rings. The lowest BCUT2D eigenvalue weighted by Crippen LogP contribution is -2.60. The maximum absolute atomic E-state index is 5.86. The van der Waals surface area contributed by atoms with E-state index in [0.717, 1.165) is 0 Å². The highest BCUT2D eigenvalue weighted by Gasteiger charge is 2.47. The number of anilines is 1. The van der Waals surface area contributed by atoms with E-state index < -0.39 is 0 Å². The predicted octanol–water partition coefficient (Wildman–Crippen LogP) is 2.44. The number of hydrogen-bond donors (Lipinski definition) is 1. The van der Waals surface area contributed by atoms with Crippen LogP contribution in [-0.4, -0.2) is 13.1 Å². The molecule has 2 N–H and O–H groups in total. The van der Waals surface area contributed by atoms with Crippen molar-refractivity contribution in [3.63, 3.8) is 0 Å². The molecule has 1 heterocycles. The van der Waals surface area contributed by atoms with Crippen LogP contribution in [0.5, 0.6) is 0 Å². The van der Waals surface area contributed by atoms with Crippen LogP contribution in [0.4, 0.5) is 5.69 Å². The molecule has 0 unspecified atom stereocenters. The van der Waals surface area contributed by atoms with E-state index in [9.17, 15) is 0 Å². The molecular weight excluding hydrogens is 196 g/mol. The molecule has 2 fully saturated rings. The minimum atomic E-state index is 0.658. The summed E-state index contributed by atoms with van der Waals surface area (Å²) < 4.78 is 0. The zero-order chi connectivity index (χ0) is 11.2. The lowest BCUT2D eigenvalue weighted by Gasteiger charge is -2.57. The van der Waals surface area contributed by atoms with E-state index in [1.807, 2.05) is 0 Å². The molecule has 0 atom stereocenters. The van der Waals surface area contributed by atoms with Gasteiger partial charge in [-0.2, -0.15) is 0 Å². The van der Waals surface area contributed by atoms with Crippen molar-refractivity contribution >= 4 is 5.69 Å². The SMILES string of the molecule is Cc1cccc(N2CC3(CCC3)C2)c1CN. The van der Waals surface area contributed by atoms with Crippen molar-refractivity contribution < 1.29 is 0 Å². The Morgan fingerprint density at radius 3 is 2.62 bits per heavy atom. The maximum atomic E-state index is 5.86. The van der Waals surface area contributed by atoms with Gasteiger partial charge in [0.1, 0.15) is 0 Å². The van der Waals surface area contributed by atoms with E-state index in [-0.39, 0.29) is 0 Å². The van der Waals surface area contributed by atoms with Crippen LogP contribution in [0.3, 0.4) is 0 Å². The Balaban J connectivity index is 1.82. The fraction of sp³-hybridized carbons (Fsp3) is 0.571. The van der Waals surface area contributed by atoms with E-state index in [4.69, 9.17) is 5.73 Å². The third-order valence-electron chi connectivity index (χ3n) is 4.40. The second-order valence-corrected chi connectivity index (χ2v) is 5.49. The largest absolute Gasteiger partial charge is 0.370 e. The van der Waals surface area contributed by atoms with Crippen LogP contribution in [0.1, 0.15) is 30.4 Å². The van der Waals surface area contributed by atoms with Crippen molar-refractivity contribution in [3.05, 3.63) is 29.3 Å². The zero-order valence-corrected chi connectivity index (χ0v) is 10.00. The minimum absolute atomic E-state index is 0.658. The van der Waals surface area contributed by atoms with Crippen molar-refractivity contribution in [1.82, 2.24) is 0 Å². The van der Waals surface area contributed by atoms with Crippen molar-refractivity contribution in [2.24, 2.45) is 11.1 Å². The molecule has 0 amide bonds. The zero-order valence-electron chi connectivity index (χ0n) is 10.00. The molecule has 2 aliphatic rings. The minimum Gasteiger partial charge on any atom is -0.370 e. The number of hydrogen-bond acceptors (Lipinski definition) is 2. The van der Waals surface area contributed by atoms with E-state index in [2.05, 4.69) is 30.0 Å². The first-order valence-corrected chi connectivity index (χ1v) is 6.28. The number of benzene rings is 1. The van der Waals surface area contributed by atoms with Crippen LogP contribution in [0.25, 0.3) is 0 Å². The molecule has 1 saturated heterocycles. The smallest absolute Gasteiger partial charge is 0.0414 e. The standard InChI is InChI=1S/C14H20N2/c1-11-4-2-5-13(12(11)8-15)16-9-14(10-16)6-3-7-14/h2,4-5H,3,6-10,15H2,1H3. The molecule has 1 saturated carbocycles. The number of rotatable bonds is 2. The summed E-state index contributed by atoms with van der Waals surface area (Å²) >= 11 is 0. The highest BCUT2D eigenvalue weighted by molar-refractivity contribution is 5.59. The molecule has 16 heavy (non-hydrogen) atoms. The van der Waals surface area contributed by atoms with Gasteiger partial charge in [-0.3, -0.25) is 0 Å². The Hall–Kier alpha value is -1.02. The molecule has 2 heteroatoms. The Morgan fingerprint density at radius 1 is 1.31 bits per heavy atom. The van der Waals surface area contributed by atoms with Gasteiger partial charge in [0.15, 0.2) is 0 Å². The van der Waals surface area contributed by atoms with Crippen molar-refractivity contribution in [1.29, 1.82) is 0 Å². The highest BCUT2D eigenvalue weighted by atomic mass is 15.2. The van der Waals surface area contributed by atoms with Crippen LogP contribution >= 0.6 is 0 Å². The molecule has 0 aromatic heterocycles. The summed E-state index contributed by atoms with van der Waals surface area (Å²) in [5.74, 6) is 0. The van der Waals surface area contributed by atoms with Crippen molar-refractivity contribution in [2.45, 2.75) is 32.7 Å². The first kappa shape index (κ1) is 10.2. The van der Waals surface area contributed by atoms with Gasteiger partial charge in [-0.15, -0.1) is 0 Å². The first-order chi connectivity index (χ1) is 7.74. The summed E-state index contributed by atoms with van der Waals surface area (Å²) in [5.41, 5.74) is 10.6. The first-order valence-electron chi connectivity index (χ1n) is 6.28. The van der Waals surface area contributed by atoms with Crippen LogP contribution in [0.15, 0.2) is 18.2 Å². The van der Waals surface area contributed by atoms with E-state index in [0.29, 0.717) is 12.0 Å². The van der Waals surface area contributed by atoms with Crippen molar-refractivity contribution in [3.8, 4) is 0 Å². The molecule has 1 aliphatic carbocycles. The van der Waals surface area contributed by atoms with E-state index >= 15 is 0 Å². The van der Waals surface area contributed by atoms with Gasteiger partial charge in [0.2, 0.25) is 0 Å². The number of nitrogens with two attached hydrogens (primary N) is 1. The monoisotopic (exact) mass is 216 g/mol. The average molecular weight is 216 g/mol. The summed E-state index contributed by atoms with van der Waals surface area (Å²) in [4.78, 5) is 2.51. The van der Waals surface area contributed by atoms with Crippen LogP contribution < -0.4 is 10.6 Å². The summed E-state index contributed by atoms with van der Waals surface area (Å²) in [7, 11) is 0. The van der Waals surface area contributed by atoms with Crippen LogP contribution in [0, 0.1) is 12.3 Å². The van der Waals surface area contributed by atoms with Crippen LogP contribution in [0.2, 0.25) is 0 Å². The quantitative estimate of drug-likeness (QED) is 0.822. The van der Waals surface area contributed by atoms with Gasteiger partial charge in [-0.05, 0) is 37.0 Å². The third kappa shape index (κ3) is 1.36. The Labute approximate surface area is 97.4 Å². The molecule has 0 radical (unpaired) electrons. The van der Waals surface area contributed by atoms with Gasteiger partial charge in [0, 0.05) is 30.7 Å². The molecule has 1 aliphatic heterocycles. The van der Waals surface area contributed by atoms with Gasteiger partial charge in [-0.25, -0.2) is 0 Å². The van der Waals surface area contributed by atoms with Gasteiger partial charge in [0.05, 0.1) is 0 Å². The molecule has 0 bridgehead atoms. The molecule has 1 aromatic carbocycles. The summed E-state index contributed by atoms with van der Waals surface area (Å²) in [6, 6.07) is 6.53. The van der Waals surface area contributed by atoms with Gasteiger partial charge in [0.25, 0.3) is 0 Å². The van der Waals surface area contributed by atoms with Gasteiger partial charge in [-0.1, -0.05) is 18.6 Å². The van der Waals surface area contributed by atoms with Gasteiger partial charge < -0.3 is 10.6 Å². The summed E-state index contributed by atoms with van der Waals surface area (Å²) in [6.07, 6.45) is 4.31. The fourth-order valence-electron chi connectivity index (χ4n) is 3.18. The molecular formula is C14H20N2. The molecule has 3 rings (SSSR count). The fourth-order valence-corrected chi connectivity index (χ4v) is 3.18. The van der Waals surface area contributed by atoms with Gasteiger partial charge >= 0.3 is 0 Å². The predicted molar refractivity (Wildman–Crippen MR) is 67.6 cm³/mol. The topological polar surface area (TPSA) is 29.3 Å². The third-order valence-corrected chi connectivity index (χ3v) is 4.40. The second kappa shape index (κ2) is 3.49. The second-order valence-electron chi connectivity index (χ2n) is 5.49. The Morgan fingerprint density at radius 2 is 2.06 bits per heavy atom. The molecule has 2 nitrogen and oxygen atoms in total. The van der Waals surface area contributed by atoms with Crippen molar-refractivity contribution in [2.75, 3.05) is 18.0 Å². The number of nitrogens with zero attached hydrogens (tertiary/aromatic N) is 1. The highest BCUT2D eigenvalue weighted by Crippen LogP contribution is 2.49. The molecule has 86 valence electrons. The number of aryl methyl sites for hydroxylation is 1. The summed E-state index contributed by atoms with van der Waals surface area (Å²) in [6.45, 7) is 5.32. The normalized spacial score (nSPS) is 21.8. The van der Waals surface area contributed by atoms with E-state index in [1.54, 1.807) is 0 Å².